The lowest BCUT2D eigenvalue weighted by Crippen LogP contribution is -2.31. The molecule has 5 heteroatoms. The highest BCUT2D eigenvalue weighted by Gasteiger charge is 2.17. The fraction of sp³-hybridized carbons (Fsp3) is 0.400. The van der Waals surface area contributed by atoms with Gasteiger partial charge in [-0.05, 0) is 37.1 Å². The number of carbonyl (C=O) groups excluding carboxylic acids is 1. The van der Waals surface area contributed by atoms with Crippen LogP contribution < -0.4 is 10.1 Å². The van der Waals surface area contributed by atoms with Crippen LogP contribution >= 0.6 is 0 Å². The Hall–Kier alpha value is -2.01. The Labute approximate surface area is 117 Å². The number of carbonyl (C=O) groups is 1. The van der Waals surface area contributed by atoms with E-state index in [1.54, 1.807) is 7.11 Å². The van der Waals surface area contributed by atoms with Crippen LogP contribution in [0.15, 0.2) is 24.3 Å². The van der Waals surface area contributed by atoms with Gasteiger partial charge in [0.1, 0.15) is 11.4 Å². The fourth-order valence-electron chi connectivity index (χ4n) is 2.47. The minimum atomic E-state index is -0.101. The standard InChI is InChI=1S/C15H18N2O3/c1-19-11-4-5-13-10(7-11)8-14(17-13)15(18)16-9-12-3-2-6-20-12/h4-5,7-8,12,17H,2-3,6,9H2,1H3,(H,16,18)/t12-/m1/s1. The Bertz CT molecular complexity index is 615. The number of ether oxygens (including phenoxy) is 2. The zero-order valence-corrected chi connectivity index (χ0v) is 11.4. The first kappa shape index (κ1) is 13.0. The molecule has 2 heterocycles. The smallest absolute Gasteiger partial charge is 0.267 e. The van der Waals surface area contributed by atoms with E-state index in [1.165, 1.54) is 0 Å². The number of fused-ring (bicyclic) bond motifs is 1. The fourth-order valence-corrected chi connectivity index (χ4v) is 2.47. The maximum Gasteiger partial charge on any atom is 0.267 e. The molecule has 20 heavy (non-hydrogen) atoms. The largest absolute Gasteiger partial charge is 0.497 e. The van der Waals surface area contributed by atoms with Gasteiger partial charge in [0.15, 0.2) is 0 Å². The topological polar surface area (TPSA) is 63.4 Å². The summed E-state index contributed by atoms with van der Waals surface area (Å²) in [7, 11) is 1.63. The molecule has 0 unspecified atom stereocenters. The Morgan fingerprint density at radius 2 is 2.40 bits per heavy atom. The Balaban J connectivity index is 1.70. The molecule has 1 aliphatic rings. The Morgan fingerprint density at radius 3 is 3.15 bits per heavy atom. The lowest BCUT2D eigenvalue weighted by molar-refractivity contribution is 0.0854. The highest BCUT2D eigenvalue weighted by atomic mass is 16.5. The third-order valence-electron chi connectivity index (χ3n) is 3.59. The van der Waals surface area contributed by atoms with E-state index in [0.717, 1.165) is 36.1 Å². The first-order valence-corrected chi connectivity index (χ1v) is 6.83. The van der Waals surface area contributed by atoms with Crippen molar-refractivity contribution in [3.63, 3.8) is 0 Å². The van der Waals surface area contributed by atoms with Crippen LogP contribution in [0.5, 0.6) is 5.75 Å². The van der Waals surface area contributed by atoms with Crippen molar-refractivity contribution in [3.8, 4) is 5.75 Å². The van der Waals surface area contributed by atoms with Crippen molar-refractivity contribution in [1.82, 2.24) is 10.3 Å². The third-order valence-corrected chi connectivity index (χ3v) is 3.59. The van der Waals surface area contributed by atoms with Crippen molar-refractivity contribution in [3.05, 3.63) is 30.0 Å². The van der Waals surface area contributed by atoms with Crippen molar-refractivity contribution in [2.45, 2.75) is 18.9 Å². The number of aromatic amines is 1. The van der Waals surface area contributed by atoms with Crippen molar-refractivity contribution in [2.75, 3.05) is 20.3 Å². The summed E-state index contributed by atoms with van der Waals surface area (Å²) in [5.74, 6) is 0.679. The molecule has 1 fully saturated rings. The summed E-state index contributed by atoms with van der Waals surface area (Å²) in [6.07, 6.45) is 2.25. The second-order valence-electron chi connectivity index (χ2n) is 4.98. The minimum Gasteiger partial charge on any atom is -0.497 e. The SMILES string of the molecule is COc1ccc2[nH]c(C(=O)NC[C@H]3CCCO3)cc2c1. The molecule has 1 aliphatic heterocycles. The molecule has 3 rings (SSSR count). The molecule has 0 spiro atoms. The van der Waals surface area contributed by atoms with Crippen LogP contribution in [0.3, 0.4) is 0 Å². The molecule has 1 aromatic heterocycles. The van der Waals surface area contributed by atoms with Gasteiger partial charge in [-0.15, -0.1) is 0 Å². The van der Waals surface area contributed by atoms with Crippen LogP contribution in [-0.2, 0) is 4.74 Å². The number of H-pyrrole nitrogens is 1. The van der Waals surface area contributed by atoms with Gasteiger partial charge in [-0.3, -0.25) is 4.79 Å². The molecule has 0 bridgehead atoms. The number of benzene rings is 1. The lowest BCUT2D eigenvalue weighted by Gasteiger charge is -2.09. The van der Waals surface area contributed by atoms with Crippen LogP contribution in [-0.4, -0.2) is 37.3 Å². The number of rotatable bonds is 4. The van der Waals surface area contributed by atoms with Gasteiger partial charge in [-0.2, -0.15) is 0 Å². The lowest BCUT2D eigenvalue weighted by atomic mass is 10.2. The second-order valence-corrected chi connectivity index (χ2v) is 4.98. The Kier molecular flexibility index (Phi) is 3.60. The quantitative estimate of drug-likeness (QED) is 0.897. The molecule has 2 N–H and O–H groups in total. The van der Waals surface area contributed by atoms with E-state index in [1.807, 2.05) is 24.3 Å². The minimum absolute atomic E-state index is 0.101. The summed E-state index contributed by atoms with van der Waals surface area (Å²) in [4.78, 5) is 15.2. The molecule has 5 nitrogen and oxygen atoms in total. The van der Waals surface area contributed by atoms with Crippen molar-refractivity contribution in [2.24, 2.45) is 0 Å². The van der Waals surface area contributed by atoms with Gasteiger partial charge >= 0.3 is 0 Å². The van der Waals surface area contributed by atoms with E-state index in [9.17, 15) is 4.79 Å². The highest BCUT2D eigenvalue weighted by molar-refractivity contribution is 5.98. The maximum absolute atomic E-state index is 12.1. The van der Waals surface area contributed by atoms with Gasteiger partial charge in [-0.1, -0.05) is 0 Å². The predicted molar refractivity (Wildman–Crippen MR) is 76.2 cm³/mol. The van der Waals surface area contributed by atoms with E-state index in [0.29, 0.717) is 12.2 Å². The van der Waals surface area contributed by atoms with Crippen molar-refractivity contribution < 1.29 is 14.3 Å². The number of amides is 1. The molecule has 1 amide bonds. The summed E-state index contributed by atoms with van der Waals surface area (Å²) in [5, 5.41) is 3.87. The van der Waals surface area contributed by atoms with E-state index in [-0.39, 0.29) is 12.0 Å². The molecular formula is C15H18N2O3. The van der Waals surface area contributed by atoms with E-state index < -0.39 is 0 Å². The van der Waals surface area contributed by atoms with E-state index >= 15 is 0 Å². The predicted octanol–water partition coefficient (Wildman–Crippen LogP) is 2.09. The average Bonchev–Trinajstić information content (AvgIpc) is 3.12. The van der Waals surface area contributed by atoms with Crippen molar-refractivity contribution in [1.29, 1.82) is 0 Å². The summed E-state index contributed by atoms with van der Waals surface area (Å²) in [5.41, 5.74) is 1.49. The summed E-state index contributed by atoms with van der Waals surface area (Å²) >= 11 is 0. The first-order chi connectivity index (χ1) is 9.76. The first-order valence-electron chi connectivity index (χ1n) is 6.83. The van der Waals surface area contributed by atoms with Crippen LogP contribution in [0.2, 0.25) is 0 Å². The summed E-state index contributed by atoms with van der Waals surface area (Å²) < 4.78 is 10.7. The van der Waals surface area contributed by atoms with Gasteiger partial charge in [0.05, 0.1) is 13.2 Å². The summed E-state index contributed by atoms with van der Waals surface area (Å²) in [6.45, 7) is 1.37. The van der Waals surface area contributed by atoms with Crippen LogP contribution in [0.4, 0.5) is 0 Å². The normalized spacial score (nSPS) is 18.4. The average molecular weight is 274 g/mol. The number of nitrogens with one attached hydrogen (secondary N) is 2. The van der Waals surface area contributed by atoms with Crippen LogP contribution in [0, 0.1) is 0 Å². The van der Waals surface area contributed by atoms with Gasteiger partial charge in [0.25, 0.3) is 5.91 Å². The van der Waals surface area contributed by atoms with E-state index in [4.69, 9.17) is 9.47 Å². The van der Waals surface area contributed by atoms with Gasteiger partial charge in [-0.25, -0.2) is 0 Å². The molecule has 106 valence electrons. The molecular weight excluding hydrogens is 256 g/mol. The van der Waals surface area contributed by atoms with Crippen molar-refractivity contribution >= 4 is 16.8 Å². The van der Waals surface area contributed by atoms with Crippen LogP contribution in [0.1, 0.15) is 23.3 Å². The monoisotopic (exact) mass is 274 g/mol. The molecule has 2 aromatic rings. The molecule has 0 aliphatic carbocycles. The van der Waals surface area contributed by atoms with Gasteiger partial charge in [0, 0.05) is 24.1 Å². The summed E-state index contributed by atoms with van der Waals surface area (Å²) in [6, 6.07) is 7.52. The highest BCUT2D eigenvalue weighted by Crippen LogP contribution is 2.21. The Morgan fingerprint density at radius 1 is 1.50 bits per heavy atom. The number of aromatic nitrogens is 1. The van der Waals surface area contributed by atoms with Gasteiger partial charge < -0.3 is 19.8 Å². The number of hydrogen-bond acceptors (Lipinski definition) is 3. The molecule has 0 saturated carbocycles. The zero-order valence-electron chi connectivity index (χ0n) is 11.4. The maximum atomic E-state index is 12.1. The van der Waals surface area contributed by atoms with E-state index in [2.05, 4.69) is 10.3 Å². The zero-order chi connectivity index (χ0) is 13.9. The number of hydrogen-bond donors (Lipinski definition) is 2. The van der Waals surface area contributed by atoms with Gasteiger partial charge in [0.2, 0.25) is 0 Å². The number of methoxy groups -OCH3 is 1. The molecule has 1 aromatic carbocycles. The molecule has 0 radical (unpaired) electrons. The van der Waals surface area contributed by atoms with Crippen LogP contribution in [0.25, 0.3) is 10.9 Å². The second kappa shape index (κ2) is 5.54. The molecule has 1 atom stereocenters. The third kappa shape index (κ3) is 2.63. The molecule has 1 saturated heterocycles.